The number of likely N-dealkylation sites (N-methyl/N-ethyl adjacent to an activating group) is 2. The molecule has 0 saturated heterocycles. The number of rotatable bonds is 5. The van der Waals surface area contributed by atoms with Crippen LogP contribution in [0.1, 0.15) is 10.4 Å². The predicted octanol–water partition coefficient (Wildman–Crippen LogP) is 0.614. The van der Waals surface area contributed by atoms with Gasteiger partial charge < -0.3 is 15.3 Å². The van der Waals surface area contributed by atoms with E-state index in [0.29, 0.717) is 6.07 Å². The third-order valence-electron chi connectivity index (χ3n) is 2.56. The van der Waals surface area contributed by atoms with Crippen molar-refractivity contribution in [2.75, 3.05) is 25.5 Å². The zero-order chi connectivity index (χ0) is 15.4. The maximum Gasteiger partial charge on any atom is 0.338 e. The molecule has 0 unspecified atom stereocenters. The van der Waals surface area contributed by atoms with Gasteiger partial charge in [-0.25, -0.2) is 9.18 Å². The maximum absolute atomic E-state index is 13.6. The van der Waals surface area contributed by atoms with E-state index in [1.807, 2.05) is 0 Å². The average Bonchev–Trinajstić information content (AvgIpc) is 2.37. The van der Waals surface area contributed by atoms with E-state index < -0.39 is 33.9 Å². The van der Waals surface area contributed by atoms with Crippen molar-refractivity contribution in [1.29, 1.82) is 0 Å². The van der Waals surface area contributed by atoms with Gasteiger partial charge in [0.2, 0.25) is 5.91 Å². The number of halogens is 1. The number of nitrogens with one attached hydrogen (secondary N) is 1. The van der Waals surface area contributed by atoms with E-state index in [2.05, 4.69) is 5.32 Å². The van der Waals surface area contributed by atoms with Crippen LogP contribution in [0.2, 0.25) is 0 Å². The largest absolute Gasteiger partial charge is 0.478 e. The summed E-state index contributed by atoms with van der Waals surface area (Å²) in [5.41, 5.74) is -1.56. The summed E-state index contributed by atoms with van der Waals surface area (Å²) in [4.78, 5) is 33.2. The summed E-state index contributed by atoms with van der Waals surface area (Å²) in [6.07, 6.45) is 0. The standard InChI is InChI=1S/C11H12FN3O5/c1-13-10(16)5-14(2)8-4-7(12)6(11(17)18)3-9(8)15(19)20/h3-4H,5H2,1-2H3,(H,13,16)(H,17,18). The first-order chi connectivity index (χ1) is 9.27. The summed E-state index contributed by atoms with van der Waals surface area (Å²) in [5, 5.41) is 22.0. The van der Waals surface area contributed by atoms with Crippen molar-refractivity contribution in [3.63, 3.8) is 0 Å². The zero-order valence-electron chi connectivity index (χ0n) is 10.7. The second-order valence-corrected chi connectivity index (χ2v) is 3.91. The highest BCUT2D eigenvalue weighted by atomic mass is 19.1. The molecule has 0 heterocycles. The van der Waals surface area contributed by atoms with E-state index in [0.717, 1.165) is 11.0 Å². The zero-order valence-corrected chi connectivity index (χ0v) is 10.7. The number of amides is 1. The van der Waals surface area contributed by atoms with Crippen LogP contribution in [0.25, 0.3) is 0 Å². The maximum atomic E-state index is 13.6. The molecule has 0 aliphatic heterocycles. The molecule has 0 atom stereocenters. The number of carboxylic acids is 1. The highest BCUT2D eigenvalue weighted by molar-refractivity contribution is 5.90. The molecule has 0 saturated carbocycles. The molecular formula is C11H12FN3O5. The molecule has 0 aliphatic carbocycles. The molecule has 0 spiro atoms. The van der Waals surface area contributed by atoms with E-state index in [1.54, 1.807) is 0 Å². The molecule has 20 heavy (non-hydrogen) atoms. The molecular weight excluding hydrogens is 273 g/mol. The first-order valence-corrected chi connectivity index (χ1v) is 5.40. The molecule has 1 rings (SSSR count). The van der Waals surface area contributed by atoms with E-state index >= 15 is 0 Å². The lowest BCUT2D eigenvalue weighted by atomic mass is 10.1. The van der Waals surface area contributed by atoms with Gasteiger partial charge in [0.1, 0.15) is 17.1 Å². The number of carbonyl (C=O) groups excluding carboxylic acids is 1. The Labute approximate surface area is 113 Å². The minimum atomic E-state index is -1.61. The van der Waals surface area contributed by atoms with E-state index in [1.165, 1.54) is 14.1 Å². The normalized spacial score (nSPS) is 9.95. The monoisotopic (exact) mass is 285 g/mol. The van der Waals surface area contributed by atoms with Gasteiger partial charge in [-0.05, 0) is 0 Å². The van der Waals surface area contributed by atoms with Crippen LogP contribution in [-0.4, -0.2) is 42.5 Å². The summed E-state index contributed by atoms with van der Waals surface area (Å²) < 4.78 is 13.6. The van der Waals surface area contributed by atoms with Crippen molar-refractivity contribution in [3.05, 3.63) is 33.6 Å². The molecule has 108 valence electrons. The van der Waals surface area contributed by atoms with Crippen LogP contribution in [0, 0.1) is 15.9 Å². The quantitative estimate of drug-likeness (QED) is 0.605. The van der Waals surface area contributed by atoms with E-state index in [9.17, 15) is 24.1 Å². The molecule has 2 N–H and O–H groups in total. The number of carbonyl (C=O) groups is 2. The predicted molar refractivity (Wildman–Crippen MR) is 67.4 cm³/mol. The van der Waals surface area contributed by atoms with Crippen LogP contribution >= 0.6 is 0 Å². The fourth-order valence-electron chi connectivity index (χ4n) is 1.55. The van der Waals surface area contributed by atoms with Crippen LogP contribution in [0.15, 0.2) is 12.1 Å². The number of nitro benzene ring substituents is 1. The summed E-state index contributed by atoms with van der Waals surface area (Å²) in [7, 11) is 2.75. The number of anilines is 1. The number of benzene rings is 1. The van der Waals surface area contributed by atoms with Gasteiger partial charge in [-0.1, -0.05) is 0 Å². The van der Waals surface area contributed by atoms with Crippen LogP contribution in [0.5, 0.6) is 0 Å². The topological polar surface area (TPSA) is 113 Å². The Balaban J connectivity index is 3.31. The van der Waals surface area contributed by atoms with E-state index in [-0.39, 0.29) is 12.2 Å². The van der Waals surface area contributed by atoms with E-state index in [4.69, 9.17) is 5.11 Å². The number of nitrogens with zero attached hydrogens (tertiary/aromatic N) is 2. The summed E-state index contributed by atoms with van der Waals surface area (Å²) in [5.74, 6) is -3.14. The van der Waals surface area contributed by atoms with Crippen molar-refractivity contribution in [1.82, 2.24) is 5.32 Å². The minimum absolute atomic E-state index is 0.180. The SMILES string of the molecule is CNC(=O)CN(C)c1cc(F)c(C(=O)O)cc1[N+](=O)[O-]. The minimum Gasteiger partial charge on any atom is -0.478 e. The van der Waals surface area contributed by atoms with Gasteiger partial charge in [0.15, 0.2) is 0 Å². The Morgan fingerprint density at radius 1 is 1.50 bits per heavy atom. The highest BCUT2D eigenvalue weighted by Crippen LogP contribution is 2.30. The first-order valence-electron chi connectivity index (χ1n) is 5.40. The molecule has 9 heteroatoms. The van der Waals surface area contributed by atoms with Gasteiger partial charge in [0, 0.05) is 26.2 Å². The van der Waals surface area contributed by atoms with Gasteiger partial charge in [-0.2, -0.15) is 0 Å². The van der Waals surface area contributed by atoms with Crippen molar-refractivity contribution in [3.8, 4) is 0 Å². The molecule has 0 aliphatic rings. The lowest BCUT2D eigenvalue weighted by Gasteiger charge is -2.18. The second-order valence-electron chi connectivity index (χ2n) is 3.91. The van der Waals surface area contributed by atoms with Crippen molar-refractivity contribution in [2.24, 2.45) is 0 Å². The molecule has 1 aromatic carbocycles. The van der Waals surface area contributed by atoms with Crippen molar-refractivity contribution in [2.45, 2.75) is 0 Å². The van der Waals surface area contributed by atoms with Gasteiger partial charge in [-0.3, -0.25) is 14.9 Å². The van der Waals surface area contributed by atoms with Gasteiger partial charge in [0.25, 0.3) is 5.69 Å². The average molecular weight is 285 g/mol. The molecule has 8 nitrogen and oxygen atoms in total. The third kappa shape index (κ3) is 3.19. The fraction of sp³-hybridized carbons (Fsp3) is 0.273. The van der Waals surface area contributed by atoms with Crippen molar-refractivity contribution < 1.29 is 24.0 Å². The Kier molecular flexibility index (Phi) is 4.57. The Bertz CT molecular complexity index is 575. The van der Waals surface area contributed by atoms with Crippen LogP contribution in [0.4, 0.5) is 15.8 Å². The number of hydrogen-bond acceptors (Lipinski definition) is 5. The molecule has 0 bridgehead atoms. The summed E-state index contributed by atoms with van der Waals surface area (Å²) >= 11 is 0. The van der Waals surface area contributed by atoms with Crippen LogP contribution < -0.4 is 10.2 Å². The number of nitro groups is 1. The van der Waals surface area contributed by atoms with Crippen LogP contribution in [0.3, 0.4) is 0 Å². The smallest absolute Gasteiger partial charge is 0.338 e. The Morgan fingerprint density at radius 3 is 2.55 bits per heavy atom. The van der Waals surface area contributed by atoms with Crippen molar-refractivity contribution >= 4 is 23.3 Å². The first kappa shape index (κ1) is 15.3. The molecule has 0 fully saturated rings. The summed E-state index contributed by atoms with van der Waals surface area (Å²) in [6, 6.07) is 1.36. The lowest BCUT2D eigenvalue weighted by Crippen LogP contribution is -2.33. The highest BCUT2D eigenvalue weighted by Gasteiger charge is 2.24. The van der Waals surface area contributed by atoms with Gasteiger partial charge in [0.05, 0.1) is 11.5 Å². The Morgan fingerprint density at radius 2 is 2.10 bits per heavy atom. The molecule has 0 aromatic heterocycles. The van der Waals surface area contributed by atoms with Gasteiger partial charge in [-0.15, -0.1) is 0 Å². The number of aromatic carboxylic acids is 1. The summed E-state index contributed by atoms with van der Waals surface area (Å²) in [6.45, 7) is -0.233. The fourth-order valence-corrected chi connectivity index (χ4v) is 1.55. The van der Waals surface area contributed by atoms with Gasteiger partial charge >= 0.3 is 5.97 Å². The Hall–Kier alpha value is -2.71. The molecule has 1 amide bonds. The molecule has 0 radical (unpaired) electrons. The number of hydrogen-bond donors (Lipinski definition) is 2. The number of carboxylic acid groups (broad SMARTS) is 1. The lowest BCUT2D eigenvalue weighted by molar-refractivity contribution is -0.384. The van der Waals surface area contributed by atoms with Crippen LogP contribution in [-0.2, 0) is 4.79 Å². The molecule has 1 aromatic rings. The third-order valence-corrected chi connectivity index (χ3v) is 2.56. The second kappa shape index (κ2) is 5.95.